The summed E-state index contributed by atoms with van der Waals surface area (Å²) in [4.78, 5) is 26.4. The Morgan fingerprint density at radius 3 is 2.46 bits per heavy atom. The van der Waals surface area contributed by atoms with Crippen molar-refractivity contribution in [2.45, 2.75) is 25.1 Å². The van der Waals surface area contributed by atoms with Gasteiger partial charge in [0.15, 0.2) is 6.10 Å². The van der Waals surface area contributed by atoms with Crippen LogP contribution in [0.2, 0.25) is 0 Å². The normalized spacial score (nSPS) is 19.7. The molecule has 5 heteroatoms. The fourth-order valence-corrected chi connectivity index (χ4v) is 2.95. The van der Waals surface area contributed by atoms with Crippen molar-refractivity contribution in [1.29, 1.82) is 0 Å². The van der Waals surface area contributed by atoms with Crippen LogP contribution in [0.5, 0.6) is 0 Å². The molecule has 0 saturated carbocycles. The summed E-state index contributed by atoms with van der Waals surface area (Å²) in [5.74, 6) is -0.210. The molecule has 26 heavy (non-hydrogen) atoms. The second-order valence-corrected chi connectivity index (χ2v) is 6.20. The van der Waals surface area contributed by atoms with E-state index in [1.54, 1.807) is 11.9 Å². The lowest BCUT2D eigenvalue weighted by Crippen LogP contribution is -2.41. The van der Waals surface area contributed by atoms with Crippen LogP contribution in [0.15, 0.2) is 72.8 Å². The Labute approximate surface area is 153 Å². The number of benzene rings is 2. The molecule has 0 spiro atoms. The first kappa shape index (κ1) is 17.7. The van der Waals surface area contributed by atoms with Gasteiger partial charge in [-0.25, -0.2) is 4.79 Å². The van der Waals surface area contributed by atoms with E-state index >= 15 is 0 Å². The summed E-state index contributed by atoms with van der Waals surface area (Å²) in [5.41, 5.74) is 1.99. The van der Waals surface area contributed by atoms with Gasteiger partial charge in [0.1, 0.15) is 0 Å². The number of carbonyl (C=O) groups is 2. The van der Waals surface area contributed by atoms with Crippen molar-refractivity contribution >= 4 is 12.0 Å². The smallest absolute Gasteiger partial charge is 0.408 e. The highest BCUT2D eigenvalue weighted by molar-refractivity contribution is 5.84. The first-order valence-corrected chi connectivity index (χ1v) is 8.62. The fourth-order valence-electron chi connectivity index (χ4n) is 2.95. The maximum absolute atomic E-state index is 12.7. The summed E-state index contributed by atoms with van der Waals surface area (Å²) in [6.45, 7) is 0.360. The Hall–Kier alpha value is -3.08. The van der Waals surface area contributed by atoms with Gasteiger partial charge in [0, 0.05) is 20.0 Å². The van der Waals surface area contributed by atoms with Gasteiger partial charge < -0.3 is 15.0 Å². The maximum atomic E-state index is 12.7. The molecule has 2 aromatic rings. The van der Waals surface area contributed by atoms with Crippen LogP contribution in [0.25, 0.3) is 0 Å². The van der Waals surface area contributed by atoms with Crippen LogP contribution in [0.4, 0.5) is 4.79 Å². The highest BCUT2D eigenvalue weighted by atomic mass is 16.6. The van der Waals surface area contributed by atoms with Crippen molar-refractivity contribution in [3.05, 3.63) is 83.9 Å². The number of rotatable bonds is 4. The SMILES string of the molecule is CN1C(=O)[C@H](OC(=O)NCc2ccccc2)CC=C[C@@H]1c1ccccc1. The molecule has 0 fully saturated rings. The molecule has 134 valence electrons. The molecule has 0 unspecified atom stereocenters. The van der Waals surface area contributed by atoms with Gasteiger partial charge in [-0.2, -0.15) is 0 Å². The van der Waals surface area contributed by atoms with E-state index in [2.05, 4.69) is 5.32 Å². The monoisotopic (exact) mass is 350 g/mol. The Morgan fingerprint density at radius 2 is 1.77 bits per heavy atom. The van der Waals surface area contributed by atoms with E-state index in [0.717, 1.165) is 11.1 Å². The standard InChI is InChI=1S/C21H22N2O3/c1-23-18(17-11-6-3-7-12-17)13-8-14-19(20(23)24)26-21(25)22-15-16-9-4-2-5-10-16/h2-13,18-19H,14-15H2,1H3,(H,22,25)/t18-,19-/m1/s1. The lowest BCUT2D eigenvalue weighted by molar-refractivity contribution is -0.139. The predicted molar refractivity (Wildman–Crippen MR) is 99.3 cm³/mol. The van der Waals surface area contributed by atoms with Crippen molar-refractivity contribution in [3.63, 3.8) is 0 Å². The van der Waals surface area contributed by atoms with E-state index in [-0.39, 0.29) is 11.9 Å². The van der Waals surface area contributed by atoms with Crippen molar-refractivity contribution in [2.24, 2.45) is 0 Å². The van der Waals surface area contributed by atoms with E-state index in [1.807, 2.05) is 72.8 Å². The molecule has 5 nitrogen and oxygen atoms in total. The lowest BCUT2D eigenvalue weighted by atomic mass is 10.1. The van der Waals surface area contributed by atoms with E-state index in [4.69, 9.17) is 4.74 Å². The molecule has 0 saturated heterocycles. The van der Waals surface area contributed by atoms with Gasteiger partial charge in [-0.3, -0.25) is 4.79 Å². The maximum Gasteiger partial charge on any atom is 0.408 e. The number of carbonyl (C=O) groups excluding carboxylic acids is 2. The summed E-state index contributed by atoms with van der Waals surface area (Å²) in [7, 11) is 1.73. The summed E-state index contributed by atoms with van der Waals surface area (Å²) < 4.78 is 5.37. The number of nitrogens with one attached hydrogen (secondary N) is 1. The molecule has 2 aromatic carbocycles. The number of ether oxygens (including phenoxy) is 1. The minimum absolute atomic E-state index is 0.162. The van der Waals surface area contributed by atoms with Crippen LogP contribution in [0.3, 0.4) is 0 Å². The number of alkyl carbamates (subject to hydrolysis) is 1. The van der Waals surface area contributed by atoms with Crippen LogP contribution in [-0.2, 0) is 16.1 Å². The van der Waals surface area contributed by atoms with Gasteiger partial charge in [0.25, 0.3) is 5.91 Å². The molecule has 1 aliphatic rings. The zero-order valence-corrected chi connectivity index (χ0v) is 14.7. The Balaban J connectivity index is 1.60. The number of hydrogen-bond donors (Lipinski definition) is 1. The topological polar surface area (TPSA) is 58.6 Å². The average Bonchev–Trinajstić information content (AvgIpc) is 2.81. The van der Waals surface area contributed by atoms with Crippen molar-refractivity contribution < 1.29 is 14.3 Å². The van der Waals surface area contributed by atoms with Gasteiger partial charge in [-0.15, -0.1) is 0 Å². The predicted octanol–water partition coefficient (Wildman–Crippen LogP) is 3.44. The van der Waals surface area contributed by atoms with Crippen LogP contribution in [0, 0.1) is 0 Å². The molecule has 0 radical (unpaired) electrons. The molecule has 1 aliphatic heterocycles. The molecular formula is C21H22N2O3. The van der Waals surface area contributed by atoms with Crippen LogP contribution < -0.4 is 5.32 Å². The second kappa shape index (κ2) is 8.34. The third-order valence-corrected chi connectivity index (χ3v) is 4.38. The average molecular weight is 350 g/mol. The first-order chi connectivity index (χ1) is 12.6. The molecule has 2 amide bonds. The number of nitrogens with zero attached hydrogens (tertiary/aromatic N) is 1. The Bertz CT molecular complexity index is 774. The summed E-state index contributed by atoms with van der Waals surface area (Å²) in [6, 6.07) is 19.2. The summed E-state index contributed by atoms with van der Waals surface area (Å²) in [6.07, 6.45) is 2.82. The molecule has 0 bridgehead atoms. The highest BCUT2D eigenvalue weighted by Crippen LogP contribution is 2.25. The highest BCUT2D eigenvalue weighted by Gasteiger charge is 2.31. The van der Waals surface area contributed by atoms with Crippen molar-refractivity contribution in [1.82, 2.24) is 10.2 Å². The van der Waals surface area contributed by atoms with E-state index in [1.165, 1.54) is 0 Å². The molecular weight excluding hydrogens is 328 g/mol. The first-order valence-electron chi connectivity index (χ1n) is 8.62. The van der Waals surface area contributed by atoms with Gasteiger partial charge in [0.05, 0.1) is 6.04 Å². The summed E-state index contributed by atoms with van der Waals surface area (Å²) >= 11 is 0. The zero-order chi connectivity index (χ0) is 18.4. The van der Waals surface area contributed by atoms with E-state index in [0.29, 0.717) is 13.0 Å². The molecule has 1 N–H and O–H groups in total. The molecule has 0 aliphatic carbocycles. The minimum Gasteiger partial charge on any atom is -0.436 e. The molecule has 1 heterocycles. The van der Waals surface area contributed by atoms with Crippen molar-refractivity contribution in [3.8, 4) is 0 Å². The zero-order valence-electron chi connectivity index (χ0n) is 14.7. The van der Waals surface area contributed by atoms with Gasteiger partial charge >= 0.3 is 6.09 Å². The number of likely N-dealkylation sites (N-methyl/N-ethyl adjacent to an activating group) is 1. The van der Waals surface area contributed by atoms with Crippen molar-refractivity contribution in [2.75, 3.05) is 7.05 Å². The minimum atomic E-state index is -0.819. The van der Waals surface area contributed by atoms with Crippen LogP contribution in [0.1, 0.15) is 23.6 Å². The van der Waals surface area contributed by atoms with Crippen LogP contribution >= 0.6 is 0 Å². The molecule has 2 atom stereocenters. The fraction of sp³-hybridized carbons (Fsp3) is 0.238. The summed E-state index contributed by atoms with van der Waals surface area (Å²) in [5, 5.41) is 2.69. The van der Waals surface area contributed by atoms with Gasteiger partial charge in [-0.1, -0.05) is 72.8 Å². The largest absolute Gasteiger partial charge is 0.436 e. The van der Waals surface area contributed by atoms with E-state index in [9.17, 15) is 9.59 Å². The second-order valence-electron chi connectivity index (χ2n) is 6.20. The number of amides is 2. The van der Waals surface area contributed by atoms with E-state index < -0.39 is 12.2 Å². The Morgan fingerprint density at radius 1 is 1.12 bits per heavy atom. The molecule has 3 rings (SSSR count). The third-order valence-electron chi connectivity index (χ3n) is 4.38. The van der Waals surface area contributed by atoms with Gasteiger partial charge in [-0.05, 0) is 11.1 Å². The molecule has 0 aromatic heterocycles. The Kier molecular flexibility index (Phi) is 5.69. The quantitative estimate of drug-likeness (QED) is 0.860. The van der Waals surface area contributed by atoms with Crippen LogP contribution in [-0.4, -0.2) is 30.1 Å². The third kappa shape index (κ3) is 4.30. The van der Waals surface area contributed by atoms with Gasteiger partial charge in [0.2, 0.25) is 0 Å². The number of hydrogen-bond acceptors (Lipinski definition) is 3. The lowest BCUT2D eigenvalue weighted by Gasteiger charge is -2.27.